The van der Waals surface area contributed by atoms with Gasteiger partial charge in [-0.05, 0) is 32.0 Å². The maximum absolute atomic E-state index is 12.7. The van der Waals surface area contributed by atoms with Crippen molar-refractivity contribution in [2.75, 3.05) is 33.0 Å². The van der Waals surface area contributed by atoms with Crippen LogP contribution in [0.3, 0.4) is 0 Å². The van der Waals surface area contributed by atoms with E-state index in [1.54, 1.807) is 41.8 Å². The van der Waals surface area contributed by atoms with E-state index in [-0.39, 0.29) is 18.6 Å². The fraction of sp³-hybridized carbons (Fsp3) is 0.389. The highest BCUT2D eigenvalue weighted by atomic mass is 16.7. The maximum Gasteiger partial charge on any atom is 0.259 e. The molecule has 0 atom stereocenters. The summed E-state index contributed by atoms with van der Waals surface area (Å²) in [5, 5.41) is 3.83. The summed E-state index contributed by atoms with van der Waals surface area (Å²) in [5.74, 6) is 1.58. The molecule has 0 radical (unpaired) electrons. The third kappa shape index (κ3) is 2.77. The summed E-state index contributed by atoms with van der Waals surface area (Å²) in [6.07, 6.45) is 0. The van der Waals surface area contributed by atoms with Crippen molar-refractivity contribution in [3.05, 3.63) is 40.8 Å². The number of benzene rings is 1. The Kier molecular flexibility index (Phi) is 4.02. The normalized spacial score (nSPS) is 16.1. The number of aryl methyl sites for hydroxylation is 2. The Labute approximate surface area is 150 Å². The van der Waals surface area contributed by atoms with Crippen molar-refractivity contribution in [1.29, 1.82) is 0 Å². The number of ether oxygens (including phenoxy) is 2. The summed E-state index contributed by atoms with van der Waals surface area (Å²) in [6, 6.07) is 5.18. The minimum Gasteiger partial charge on any atom is -0.454 e. The molecule has 2 aliphatic heterocycles. The number of aromatic nitrogens is 1. The highest BCUT2D eigenvalue weighted by Crippen LogP contribution is 2.32. The zero-order chi connectivity index (χ0) is 18.3. The first-order valence-corrected chi connectivity index (χ1v) is 8.45. The number of fused-ring (bicyclic) bond motifs is 1. The molecular weight excluding hydrogens is 338 g/mol. The molecule has 0 bridgehead atoms. The Balaban J connectivity index is 1.42. The molecule has 0 saturated carbocycles. The van der Waals surface area contributed by atoms with Crippen molar-refractivity contribution in [1.82, 2.24) is 15.0 Å². The van der Waals surface area contributed by atoms with Crippen molar-refractivity contribution < 1.29 is 23.6 Å². The smallest absolute Gasteiger partial charge is 0.259 e. The van der Waals surface area contributed by atoms with E-state index in [4.69, 9.17) is 14.0 Å². The van der Waals surface area contributed by atoms with Crippen LogP contribution in [0.2, 0.25) is 0 Å². The molecule has 26 heavy (non-hydrogen) atoms. The molecule has 8 nitrogen and oxygen atoms in total. The van der Waals surface area contributed by atoms with Crippen LogP contribution in [0.4, 0.5) is 0 Å². The van der Waals surface area contributed by atoms with Gasteiger partial charge in [-0.15, -0.1) is 0 Å². The second kappa shape index (κ2) is 6.36. The second-order valence-electron chi connectivity index (χ2n) is 6.35. The van der Waals surface area contributed by atoms with Crippen LogP contribution in [0.5, 0.6) is 11.5 Å². The first kappa shape index (κ1) is 16.4. The zero-order valence-corrected chi connectivity index (χ0v) is 14.7. The highest BCUT2D eigenvalue weighted by molar-refractivity contribution is 5.97. The lowest BCUT2D eigenvalue weighted by molar-refractivity contribution is 0.0534. The first-order chi connectivity index (χ1) is 12.5. The van der Waals surface area contributed by atoms with Gasteiger partial charge in [0.15, 0.2) is 11.5 Å². The fourth-order valence-electron chi connectivity index (χ4n) is 3.27. The van der Waals surface area contributed by atoms with E-state index in [2.05, 4.69) is 5.16 Å². The molecule has 3 heterocycles. The summed E-state index contributed by atoms with van der Waals surface area (Å²) in [7, 11) is 0. The van der Waals surface area contributed by atoms with Crippen LogP contribution >= 0.6 is 0 Å². The van der Waals surface area contributed by atoms with E-state index >= 15 is 0 Å². The lowest BCUT2D eigenvalue weighted by Crippen LogP contribution is -2.50. The Morgan fingerprint density at radius 1 is 0.962 bits per heavy atom. The average molecular weight is 357 g/mol. The monoisotopic (exact) mass is 357 g/mol. The van der Waals surface area contributed by atoms with Gasteiger partial charge in [0.25, 0.3) is 11.8 Å². The standard InChI is InChI=1S/C18H19N3O5/c1-11-16(12(2)26-19-11)18(23)21-7-5-20(6-8-21)17(22)13-3-4-14-15(9-13)25-10-24-14/h3-4,9H,5-8,10H2,1-2H3. The molecule has 8 heteroatoms. The van der Waals surface area contributed by atoms with Crippen LogP contribution in [-0.2, 0) is 0 Å². The van der Waals surface area contributed by atoms with Crippen LogP contribution in [-0.4, -0.2) is 59.7 Å². The lowest BCUT2D eigenvalue weighted by Gasteiger charge is -2.34. The van der Waals surface area contributed by atoms with Crippen molar-refractivity contribution in [2.45, 2.75) is 13.8 Å². The Hall–Kier alpha value is -3.03. The van der Waals surface area contributed by atoms with Crippen molar-refractivity contribution in [3.8, 4) is 11.5 Å². The molecule has 2 amide bonds. The molecule has 0 spiro atoms. The number of piperazine rings is 1. The van der Waals surface area contributed by atoms with Crippen LogP contribution in [0.25, 0.3) is 0 Å². The summed E-state index contributed by atoms with van der Waals surface area (Å²) in [4.78, 5) is 28.9. The first-order valence-electron chi connectivity index (χ1n) is 8.45. The number of carbonyl (C=O) groups is 2. The molecular formula is C18H19N3O5. The predicted molar refractivity (Wildman–Crippen MR) is 90.3 cm³/mol. The van der Waals surface area contributed by atoms with E-state index in [0.717, 1.165) is 0 Å². The van der Waals surface area contributed by atoms with E-state index in [0.29, 0.717) is 60.3 Å². The molecule has 2 aromatic rings. The molecule has 136 valence electrons. The molecule has 4 rings (SSSR count). The zero-order valence-electron chi connectivity index (χ0n) is 14.7. The van der Waals surface area contributed by atoms with E-state index < -0.39 is 0 Å². The minimum atomic E-state index is -0.101. The van der Waals surface area contributed by atoms with Crippen LogP contribution in [0.1, 0.15) is 32.2 Å². The topological polar surface area (TPSA) is 85.1 Å². The molecule has 1 aromatic carbocycles. The Morgan fingerprint density at radius 3 is 2.27 bits per heavy atom. The lowest BCUT2D eigenvalue weighted by atomic mass is 10.1. The molecule has 1 fully saturated rings. The number of carbonyl (C=O) groups excluding carboxylic acids is 2. The summed E-state index contributed by atoms with van der Waals surface area (Å²) in [5.41, 5.74) is 1.66. The summed E-state index contributed by atoms with van der Waals surface area (Å²) in [6.45, 7) is 5.55. The second-order valence-corrected chi connectivity index (χ2v) is 6.35. The van der Waals surface area contributed by atoms with Gasteiger partial charge >= 0.3 is 0 Å². The number of hydrogen-bond acceptors (Lipinski definition) is 6. The summed E-state index contributed by atoms with van der Waals surface area (Å²) < 4.78 is 15.7. The van der Waals surface area contributed by atoms with Crippen molar-refractivity contribution in [3.63, 3.8) is 0 Å². The van der Waals surface area contributed by atoms with Crippen LogP contribution in [0.15, 0.2) is 22.7 Å². The number of rotatable bonds is 2. The summed E-state index contributed by atoms with van der Waals surface area (Å²) >= 11 is 0. The molecule has 1 aromatic heterocycles. The highest BCUT2D eigenvalue weighted by Gasteiger charge is 2.29. The SMILES string of the molecule is Cc1noc(C)c1C(=O)N1CCN(C(=O)c2ccc3c(c2)OCO3)CC1. The fourth-order valence-corrected chi connectivity index (χ4v) is 3.27. The number of nitrogens with zero attached hydrogens (tertiary/aromatic N) is 3. The van der Waals surface area contributed by atoms with Gasteiger partial charge in [-0.1, -0.05) is 5.16 Å². The minimum absolute atomic E-state index is 0.0762. The van der Waals surface area contributed by atoms with Gasteiger partial charge in [0, 0.05) is 31.7 Å². The van der Waals surface area contributed by atoms with Crippen molar-refractivity contribution in [2.24, 2.45) is 0 Å². The quantitative estimate of drug-likeness (QED) is 0.812. The maximum atomic E-state index is 12.7. The Bertz CT molecular complexity index is 848. The van der Waals surface area contributed by atoms with Gasteiger partial charge in [-0.2, -0.15) is 0 Å². The van der Waals surface area contributed by atoms with Crippen LogP contribution in [0, 0.1) is 13.8 Å². The van der Waals surface area contributed by atoms with Gasteiger partial charge in [-0.25, -0.2) is 0 Å². The third-order valence-electron chi connectivity index (χ3n) is 4.72. The van der Waals surface area contributed by atoms with Gasteiger partial charge in [-0.3, -0.25) is 9.59 Å². The molecule has 1 saturated heterocycles. The van der Waals surface area contributed by atoms with Gasteiger partial charge < -0.3 is 23.8 Å². The Morgan fingerprint density at radius 2 is 1.62 bits per heavy atom. The molecule has 0 N–H and O–H groups in total. The molecule has 0 unspecified atom stereocenters. The van der Waals surface area contributed by atoms with Crippen LogP contribution < -0.4 is 9.47 Å². The average Bonchev–Trinajstić information content (AvgIpc) is 3.26. The number of amides is 2. The van der Waals surface area contributed by atoms with Gasteiger partial charge in [0.2, 0.25) is 6.79 Å². The molecule has 0 aliphatic carbocycles. The predicted octanol–water partition coefficient (Wildman–Crippen LogP) is 1.62. The molecule has 2 aliphatic rings. The van der Waals surface area contributed by atoms with E-state index in [9.17, 15) is 9.59 Å². The third-order valence-corrected chi connectivity index (χ3v) is 4.72. The van der Waals surface area contributed by atoms with Gasteiger partial charge in [0.05, 0.1) is 5.69 Å². The number of hydrogen-bond donors (Lipinski definition) is 0. The van der Waals surface area contributed by atoms with E-state index in [1.165, 1.54) is 0 Å². The van der Waals surface area contributed by atoms with Gasteiger partial charge in [0.1, 0.15) is 11.3 Å². The largest absolute Gasteiger partial charge is 0.454 e. The van der Waals surface area contributed by atoms with Crippen molar-refractivity contribution >= 4 is 11.8 Å². The van der Waals surface area contributed by atoms with E-state index in [1.807, 2.05) is 0 Å².